The molecule has 0 radical (unpaired) electrons. The van der Waals surface area contributed by atoms with E-state index in [-0.39, 0.29) is 30.1 Å². The Balaban J connectivity index is 1.52. The van der Waals surface area contributed by atoms with Gasteiger partial charge in [0.25, 0.3) is 5.91 Å². The number of fused-ring (bicyclic) bond motifs is 1. The van der Waals surface area contributed by atoms with E-state index < -0.39 is 0 Å². The maximum atomic E-state index is 12.9. The number of ketones is 1. The smallest absolute Gasteiger partial charge is 0.255 e. The van der Waals surface area contributed by atoms with Crippen LogP contribution in [-0.2, 0) is 11.3 Å². The standard InChI is InChI=1S/C23H20N2O3S/c1-15(26)16-8-10-18(11-9-16)24-22(27)13-20(21-7-4-12-29-21)25-14-17-5-2-3-6-19(17)23(25)28/h2-12,20H,13-14H2,1H3,(H,24,27). The Labute approximate surface area is 173 Å². The molecule has 1 aromatic heterocycles. The van der Waals surface area contributed by atoms with Crippen molar-refractivity contribution < 1.29 is 14.4 Å². The number of amides is 2. The van der Waals surface area contributed by atoms with Crippen molar-refractivity contribution in [1.82, 2.24) is 4.90 Å². The Morgan fingerprint density at radius 1 is 1.07 bits per heavy atom. The third-order valence-corrected chi connectivity index (χ3v) is 6.02. The van der Waals surface area contributed by atoms with Crippen LogP contribution in [0.5, 0.6) is 0 Å². The summed E-state index contributed by atoms with van der Waals surface area (Å²) in [4.78, 5) is 39.9. The molecule has 0 spiro atoms. The van der Waals surface area contributed by atoms with Crippen LogP contribution in [0.4, 0.5) is 5.69 Å². The molecule has 2 amide bonds. The Morgan fingerprint density at radius 2 is 1.83 bits per heavy atom. The summed E-state index contributed by atoms with van der Waals surface area (Å²) < 4.78 is 0. The van der Waals surface area contributed by atoms with Gasteiger partial charge in [-0.05, 0) is 54.3 Å². The molecule has 29 heavy (non-hydrogen) atoms. The second-order valence-electron chi connectivity index (χ2n) is 7.01. The third kappa shape index (κ3) is 3.98. The monoisotopic (exact) mass is 404 g/mol. The Morgan fingerprint density at radius 3 is 2.48 bits per heavy atom. The van der Waals surface area contributed by atoms with Crippen molar-refractivity contribution in [3.63, 3.8) is 0 Å². The first-order valence-electron chi connectivity index (χ1n) is 9.36. The molecule has 1 aliphatic heterocycles. The molecule has 0 saturated carbocycles. The van der Waals surface area contributed by atoms with Gasteiger partial charge in [-0.3, -0.25) is 14.4 Å². The Kier molecular flexibility index (Phi) is 5.27. The number of nitrogens with zero attached hydrogens (tertiary/aromatic N) is 1. The van der Waals surface area contributed by atoms with E-state index in [0.29, 0.717) is 23.4 Å². The van der Waals surface area contributed by atoms with Crippen molar-refractivity contribution in [3.8, 4) is 0 Å². The second kappa shape index (κ2) is 8.01. The maximum absolute atomic E-state index is 12.9. The predicted octanol–water partition coefficient (Wildman–Crippen LogP) is 4.68. The molecule has 1 N–H and O–H groups in total. The third-order valence-electron chi connectivity index (χ3n) is 5.05. The number of rotatable bonds is 6. The summed E-state index contributed by atoms with van der Waals surface area (Å²) in [5.74, 6) is -0.243. The highest BCUT2D eigenvalue weighted by Crippen LogP contribution is 2.35. The van der Waals surface area contributed by atoms with Crippen molar-refractivity contribution in [3.05, 3.63) is 87.6 Å². The van der Waals surface area contributed by atoms with Crippen molar-refractivity contribution in [2.45, 2.75) is 25.9 Å². The van der Waals surface area contributed by atoms with Gasteiger partial charge in [-0.1, -0.05) is 24.3 Å². The normalized spacial score (nSPS) is 13.8. The van der Waals surface area contributed by atoms with Crippen LogP contribution in [0.2, 0.25) is 0 Å². The lowest BCUT2D eigenvalue weighted by atomic mass is 10.1. The lowest BCUT2D eigenvalue weighted by Crippen LogP contribution is -2.31. The Bertz CT molecular complexity index is 1060. The summed E-state index contributed by atoms with van der Waals surface area (Å²) in [7, 11) is 0. The summed E-state index contributed by atoms with van der Waals surface area (Å²) in [5, 5.41) is 4.83. The molecule has 5 nitrogen and oxygen atoms in total. The largest absolute Gasteiger partial charge is 0.326 e. The molecule has 1 atom stereocenters. The number of nitrogens with one attached hydrogen (secondary N) is 1. The molecule has 0 aliphatic carbocycles. The zero-order valence-corrected chi connectivity index (χ0v) is 16.7. The van der Waals surface area contributed by atoms with Crippen molar-refractivity contribution in [2.24, 2.45) is 0 Å². The molecule has 2 aromatic carbocycles. The Hall–Kier alpha value is -3.25. The van der Waals surface area contributed by atoms with Crippen molar-refractivity contribution >= 4 is 34.6 Å². The van der Waals surface area contributed by atoms with Crippen molar-refractivity contribution in [1.29, 1.82) is 0 Å². The predicted molar refractivity (Wildman–Crippen MR) is 113 cm³/mol. The molecular weight excluding hydrogens is 384 g/mol. The minimum atomic E-state index is -0.327. The number of Topliss-reactive ketones (excluding diaryl/α,β-unsaturated/α-hetero) is 1. The molecule has 4 rings (SSSR count). The van der Waals surface area contributed by atoms with Gasteiger partial charge in [0.15, 0.2) is 5.78 Å². The molecule has 2 heterocycles. The number of anilines is 1. The van der Waals surface area contributed by atoms with Crippen LogP contribution in [-0.4, -0.2) is 22.5 Å². The average Bonchev–Trinajstić information content (AvgIpc) is 3.35. The van der Waals surface area contributed by atoms with Gasteiger partial charge in [0.2, 0.25) is 5.91 Å². The van der Waals surface area contributed by atoms with Gasteiger partial charge in [-0.25, -0.2) is 0 Å². The van der Waals surface area contributed by atoms with E-state index >= 15 is 0 Å². The first kappa shape index (κ1) is 19.1. The van der Waals surface area contributed by atoms with E-state index in [2.05, 4.69) is 5.32 Å². The van der Waals surface area contributed by atoms with E-state index in [1.807, 2.05) is 41.8 Å². The van der Waals surface area contributed by atoms with Crippen LogP contribution < -0.4 is 5.32 Å². The molecule has 6 heteroatoms. The quantitative estimate of drug-likeness (QED) is 0.607. The summed E-state index contributed by atoms with van der Waals surface area (Å²) in [6, 6.07) is 17.9. The first-order valence-corrected chi connectivity index (χ1v) is 10.2. The first-order chi connectivity index (χ1) is 14.0. The fourth-order valence-corrected chi connectivity index (χ4v) is 4.39. The second-order valence-corrected chi connectivity index (χ2v) is 7.99. The van der Waals surface area contributed by atoms with Gasteiger partial charge >= 0.3 is 0 Å². The van der Waals surface area contributed by atoms with Crippen LogP contribution >= 0.6 is 11.3 Å². The lowest BCUT2D eigenvalue weighted by Gasteiger charge is -2.26. The molecule has 1 unspecified atom stereocenters. The van der Waals surface area contributed by atoms with Crippen LogP contribution in [0.15, 0.2) is 66.0 Å². The molecule has 1 aliphatic rings. The van der Waals surface area contributed by atoms with Gasteiger partial charge < -0.3 is 10.2 Å². The minimum absolute atomic E-state index is 0.0206. The van der Waals surface area contributed by atoms with Crippen LogP contribution in [0, 0.1) is 0 Å². The molecule has 0 saturated heterocycles. The summed E-state index contributed by atoms with van der Waals surface area (Å²) in [5.41, 5.74) is 2.91. The zero-order valence-electron chi connectivity index (χ0n) is 15.9. The molecule has 146 valence electrons. The number of hydrogen-bond donors (Lipinski definition) is 1. The number of benzene rings is 2. The van der Waals surface area contributed by atoms with Crippen LogP contribution in [0.3, 0.4) is 0 Å². The van der Waals surface area contributed by atoms with Gasteiger partial charge in [-0.15, -0.1) is 11.3 Å². The molecule has 0 fully saturated rings. The van der Waals surface area contributed by atoms with E-state index in [4.69, 9.17) is 0 Å². The summed E-state index contributed by atoms with van der Waals surface area (Å²) >= 11 is 1.54. The number of thiophene rings is 1. The average molecular weight is 404 g/mol. The van der Waals surface area contributed by atoms with Gasteiger partial charge in [0.05, 0.1) is 12.5 Å². The van der Waals surface area contributed by atoms with Gasteiger partial charge in [0, 0.05) is 28.2 Å². The van der Waals surface area contributed by atoms with E-state index in [9.17, 15) is 14.4 Å². The van der Waals surface area contributed by atoms with Gasteiger partial charge in [0.1, 0.15) is 0 Å². The van der Waals surface area contributed by atoms with E-state index in [0.717, 1.165) is 10.4 Å². The fourth-order valence-electron chi connectivity index (χ4n) is 3.55. The zero-order chi connectivity index (χ0) is 20.4. The SMILES string of the molecule is CC(=O)c1ccc(NC(=O)CC(c2cccs2)N2Cc3ccccc3C2=O)cc1. The highest BCUT2D eigenvalue weighted by atomic mass is 32.1. The van der Waals surface area contributed by atoms with E-state index in [1.165, 1.54) is 6.92 Å². The highest BCUT2D eigenvalue weighted by Gasteiger charge is 2.34. The molecule has 0 bridgehead atoms. The topological polar surface area (TPSA) is 66.5 Å². The van der Waals surface area contributed by atoms with Gasteiger partial charge in [-0.2, -0.15) is 0 Å². The summed E-state index contributed by atoms with van der Waals surface area (Å²) in [6.07, 6.45) is 0.161. The fraction of sp³-hybridized carbons (Fsp3) is 0.174. The van der Waals surface area contributed by atoms with Crippen molar-refractivity contribution in [2.75, 3.05) is 5.32 Å². The lowest BCUT2D eigenvalue weighted by molar-refractivity contribution is -0.117. The van der Waals surface area contributed by atoms with E-state index in [1.54, 1.807) is 40.5 Å². The number of carbonyl (C=O) groups excluding carboxylic acids is 3. The summed E-state index contributed by atoms with van der Waals surface area (Å²) in [6.45, 7) is 2.00. The molecule has 3 aromatic rings. The van der Waals surface area contributed by atoms with Crippen LogP contribution in [0.1, 0.15) is 50.5 Å². The minimum Gasteiger partial charge on any atom is -0.326 e. The number of carbonyl (C=O) groups is 3. The molecular formula is C23H20N2O3S. The number of hydrogen-bond acceptors (Lipinski definition) is 4. The maximum Gasteiger partial charge on any atom is 0.255 e. The highest BCUT2D eigenvalue weighted by molar-refractivity contribution is 7.10. The van der Waals surface area contributed by atoms with Crippen LogP contribution in [0.25, 0.3) is 0 Å².